The smallest absolute Gasteiger partial charge is 0.234 e. The van der Waals surface area contributed by atoms with Crippen molar-refractivity contribution < 1.29 is 9.32 Å². The number of aromatic nitrogens is 1. The van der Waals surface area contributed by atoms with E-state index in [-0.39, 0.29) is 17.9 Å². The average Bonchev–Trinajstić information content (AvgIpc) is 2.99. The van der Waals surface area contributed by atoms with E-state index in [9.17, 15) is 4.79 Å². The Morgan fingerprint density at radius 2 is 2.26 bits per heavy atom. The van der Waals surface area contributed by atoms with Crippen molar-refractivity contribution in [3.05, 3.63) is 35.4 Å². The fraction of sp³-hybridized carbons (Fsp3) is 0.312. The van der Waals surface area contributed by atoms with Crippen LogP contribution in [0, 0.1) is 17.4 Å². The zero-order valence-corrected chi connectivity index (χ0v) is 13.2. The number of nitrogens with zero attached hydrogens (tertiary/aromatic N) is 3. The number of nitrogens with one attached hydrogen (secondary N) is 1. The maximum Gasteiger partial charge on any atom is 0.234 e. The van der Waals surface area contributed by atoms with E-state index in [2.05, 4.69) is 10.5 Å². The van der Waals surface area contributed by atoms with E-state index in [1.807, 2.05) is 18.3 Å². The van der Waals surface area contributed by atoms with Crippen molar-refractivity contribution >= 4 is 23.4 Å². The van der Waals surface area contributed by atoms with Crippen LogP contribution in [0.2, 0.25) is 5.02 Å². The zero-order chi connectivity index (χ0) is 16.4. The molecule has 1 heterocycles. The summed E-state index contributed by atoms with van der Waals surface area (Å²) >= 11 is 5.97. The lowest BCUT2D eigenvalue weighted by atomic mass is 9.79. The van der Waals surface area contributed by atoms with Crippen molar-refractivity contribution in [3.63, 3.8) is 0 Å². The summed E-state index contributed by atoms with van der Waals surface area (Å²) in [5.41, 5.74) is 1.45. The van der Waals surface area contributed by atoms with Crippen molar-refractivity contribution in [1.82, 2.24) is 10.5 Å². The number of hydrogen-bond acceptors (Lipinski definition) is 5. The van der Waals surface area contributed by atoms with E-state index in [1.54, 1.807) is 25.2 Å². The molecule has 1 saturated carbocycles. The maximum atomic E-state index is 12.4. The van der Waals surface area contributed by atoms with Crippen molar-refractivity contribution in [1.29, 1.82) is 5.26 Å². The first-order valence-electron chi connectivity index (χ1n) is 7.23. The van der Waals surface area contributed by atoms with Crippen LogP contribution in [0.25, 0.3) is 11.3 Å². The Balaban J connectivity index is 1.68. The third-order valence-corrected chi connectivity index (χ3v) is 4.27. The number of carbonyl (C=O) groups is 1. The zero-order valence-electron chi connectivity index (χ0n) is 12.5. The van der Waals surface area contributed by atoms with Gasteiger partial charge in [0.15, 0.2) is 6.19 Å². The lowest BCUT2D eigenvalue weighted by Gasteiger charge is -2.34. The molecule has 0 atom stereocenters. The molecule has 1 aromatic carbocycles. The Morgan fingerprint density at radius 3 is 2.96 bits per heavy atom. The van der Waals surface area contributed by atoms with Gasteiger partial charge in [-0.2, -0.15) is 5.26 Å². The van der Waals surface area contributed by atoms with Crippen molar-refractivity contribution in [3.8, 4) is 17.5 Å². The number of hydrogen-bond donors (Lipinski definition) is 1. The number of carbonyl (C=O) groups excluding carboxylic acids is 1. The summed E-state index contributed by atoms with van der Waals surface area (Å²) in [4.78, 5) is 13.8. The summed E-state index contributed by atoms with van der Waals surface area (Å²) in [7, 11) is 1.66. The molecule has 0 radical (unpaired) electrons. The van der Waals surface area contributed by atoms with Crippen LogP contribution in [0.5, 0.6) is 0 Å². The summed E-state index contributed by atoms with van der Waals surface area (Å²) in [6, 6.07) is 9.09. The first-order valence-corrected chi connectivity index (χ1v) is 7.61. The third-order valence-electron chi connectivity index (χ3n) is 4.04. The lowest BCUT2D eigenvalue weighted by Crippen LogP contribution is -2.46. The largest absolute Gasteiger partial charge is 0.338 e. The fourth-order valence-electron chi connectivity index (χ4n) is 2.62. The Kier molecular flexibility index (Phi) is 4.22. The highest BCUT2D eigenvalue weighted by Crippen LogP contribution is 2.31. The molecule has 1 aromatic heterocycles. The second-order valence-electron chi connectivity index (χ2n) is 5.58. The molecule has 1 aliphatic carbocycles. The first kappa shape index (κ1) is 15.4. The van der Waals surface area contributed by atoms with Crippen LogP contribution in [-0.2, 0) is 4.79 Å². The molecule has 1 fully saturated rings. The van der Waals surface area contributed by atoms with Gasteiger partial charge >= 0.3 is 0 Å². The number of rotatable bonds is 4. The summed E-state index contributed by atoms with van der Waals surface area (Å²) in [5, 5.41) is 15.8. The van der Waals surface area contributed by atoms with Crippen LogP contribution in [0.3, 0.4) is 0 Å². The Bertz CT molecular complexity index is 761. The van der Waals surface area contributed by atoms with E-state index in [0.29, 0.717) is 29.4 Å². The molecular formula is C16H15ClN4O2. The van der Waals surface area contributed by atoms with Crippen molar-refractivity contribution in [2.45, 2.75) is 18.9 Å². The molecule has 0 bridgehead atoms. The SMILES string of the molecule is CN(C(=O)C1CC(NC#N)C1)c1cc(-c2cccc(Cl)c2)no1. The van der Waals surface area contributed by atoms with Gasteiger partial charge in [0.25, 0.3) is 0 Å². The van der Waals surface area contributed by atoms with E-state index >= 15 is 0 Å². The molecule has 23 heavy (non-hydrogen) atoms. The van der Waals surface area contributed by atoms with Gasteiger partial charge in [-0.3, -0.25) is 9.69 Å². The van der Waals surface area contributed by atoms with E-state index in [0.717, 1.165) is 5.56 Å². The minimum Gasteiger partial charge on any atom is -0.338 e. The molecule has 6 nitrogen and oxygen atoms in total. The summed E-state index contributed by atoms with van der Waals surface area (Å²) < 4.78 is 5.28. The molecule has 1 aliphatic rings. The Morgan fingerprint density at radius 1 is 1.48 bits per heavy atom. The topological polar surface area (TPSA) is 82.2 Å². The van der Waals surface area contributed by atoms with Gasteiger partial charge in [0, 0.05) is 35.7 Å². The fourth-order valence-corrected chi connectivity index (χ4v) is 2.81. The second-order valence-corrected chi connectivity index (χ2v) is 6.02. The van der Waals surface area contributed by atoms with Crippen LogP contribution in [0.15, 0.2) is 34.9 Å². The van der Waals surface area contributed by atoms with Crippen molar-refractivity contribution in [2.75, 3.05) is 11.9 Å². The minimum absolute atomic E-state index is 0.0326. The van der Waals surface area contributed by atoms with Crippen LogP contribution in [0.4, 0.5) is 5.88 Å². The van der Waals surface area contributed by atoms with E-state index < -0.39 is 0 Å². The summed E-state index contributed by atoms with van der Waals surface area (Å²) in [6.07, 6.45) is 3.22. The van der Waals surface area contributed by atoms with Gasteiger partial charge in [0.05, 0.1) is 0 Å². The Labute approximate surface area is 138 Å². The van der Waals surface area contributed by atoms with Crippen LogP contribution < -0.4 is 10.2 Å². The predicted octanol–water partition coefficient (Wildman–Crippen LogP) is 2.81. The summed E-state index contributed by atoms with van der Waals surface area (Å²) in [6.45, 7) is 0. The van der Waals surface area contributed by atoms with E-state index in [4.69, 9.17) is 21.4 Å². The number of amides is 1. The van der Waals surface area contributed by atoms with Gasteiger partial charge in [0.1, 0.15) is 5.69 Å². The average molecular weight is 331 g/mol. The normalized spacial score (nSPS) is 19.5. The first-order chi connectivity index (χ1) is 11.1. The maximum absolute atomic E-state index is 12.4. The highest BCUT2D eigenvalue weighted by atomic mass is 35.5. The van der Waals surface area contributed by atoms with Gasteiger partial charge in [-0.05, 0) is 25.0 Å². The molecule has 118 valence electrons. The quantitative estimate of drug-likeness (QED) is 0.688. The summed E-state index contributed by atoms with van der Waals surface area (Å²) in [5.74, 6) is 0.266. The van der Waals surface area contributed by atoms with Crippen LogP contribution in [0.1, 0.15) is 12.8 Å². The van der Waals surface area contributed by atoms with Gasteiger partial charge < -0.3 is 9.84 Å². The monoisotopic (exact) mass is 330 g/mol. The molecule has 7 heteroatoms. The molecule has 0 saturated heterocycles. The molecule has 0 aliphatic heterocycles. The molecule has 3 rings (SSSR count). The predicted molar refractivity (Wildman–Crippen MR) is 85.6 cm³/mol. The minimum atomic E-state index is -0.0921. The number of benzene rings is 1. The lowest BCUT2D eigenvalue weighted by molar-refractivity contribution is -0.125. The number of anilines is 1. The molecule has 1 N–H and O–H groups in total. The second kappa shape index (κ2) is 6.31. The molecule has 2 aromatic rings. The van der Waals surface area contributed by atoms with Gasteiger partial charge in [-0.1, -0.05) is 28.9 Å². The highest BCUT2D eigenvalue weighted by Gasteiger charge is 2.37. The van der Waals surface area contributed by atoms with Crippen molar-refractivity contribution in [2.24, 2.45) is 5.92 Å². The van der Waals surface area contributed by atoms with Crippen LogP contribution >= 0.6 is 11.6 Å². The van der Waals surface area contributed by atoms with Gasteiger partial charge in [0.2, 0.25) is 11.8 Å². The molecule has 1 amide bonds. The van der Waals surface area contributed by atoms with E-state index in [1.165, 1.54) is 4.90 Å². The van der Waals surface area contributed by atoms with Gasteiger partial charge in [-0.15, -0.1) is 0 Å². The molecular weight excluding hydrogens is 316 g/mol. The highest BCUT2D eigenvalue weighted by molar-refractivity contribution is 6.30. The van der Waals surface area contributed by atoms with Crippen LogP contribution in [-0.4, -0.2) is 24.2 Å². The number of nitriles is 1. The standard InChI is InChI=1S/C16H15ClN4O2/c1-21(16(22)11-6-13(7-11)19-9-18)15-8-14(20-23-15)10-3-2-4-12(17)5-10/h2-5,8,11,13,19H,6-7H2,1H3. The van der Waals surface area contributed by atoms with Gasteiger partial charge in [-0.25, -0.2) is 0 Å². The number of halogens is 1. The molecule has 0 spiro atoms. The molecule has 0 unspecified atom stereocenters. The Hall–Kier alpha value is -2.52. The third kappa shape index (κ3) is 3.15.